The lowest BCUT2D eigenvalue weighted by molar-refractivity contribution is 0.0876. The molecule has 0 radical (unpaired) electrons. The fourth-order valence-electron chi connectivity index (χ4n) is 4.04. The predicted octanol–water partition coefficient (Wildman–Crippen LogP) is 3.64. The lowest BCUT2D eigenvalue weighted by Crippen LogP contribution is -2.51. The highest BCUT2D eigenvalue weighted by atomic mass is 32.2. The van der Waals surface area contributed by atoms with Crippen molar-refractivity contribution >= 4 is 71.6 Å². The van der Waals surface area contributed by atoms with Gasteiger partial charge in [0.1, 0.15) is 12.1 Å². The number of thiazole rings is 1. The van der Waals surface area contributed by atoms with Crippen molar-refractivity contribution in [2.75, 3.05) is 18.8 Å². The molecule has 2 heterocycles. The van der Waals surface area contributed by atoms with E-state index in [1.165, 1.54) is 33.8 Å². The van der Waals surface area contributed by atoms with Crippen LogP contribution in [0.4, 0.5) is 10.8 Å². The number of rotatable bonds is 12. The van der Waals surface area contributed by atoms with Crippen LogP contribution in [0.5, 0.6) is 0 Å². The van der Waals surface area contributed by atoms with E-state index < -0.39 is 28.3 Å². The molecule has 1 amide bonds. The van der Waals surface area contributed by atoms with Gasteiger partial charge in [-0.05, 0) is 30.0 Å². The molecule has 4 rings (SSSR count). The first-order valence-electron chi connectivity index (χ1n) is 12.3. The molecule has 2 aromatic carbocycles. The minimum atomic E-state index is -4.05. The molecule has 41 heavy (non-hydrogen) atoms. The van der Waals surface area contributed by atoms with E-state index in [0.717, 1.165) is 10.4 Å². The largest absolute Gasteiger partial charge is 0.444 e. The van der Waals surface area contributed by atoms with Gasteiger partial charge in [0, 0.05) is 25.4 Å². The second kappa shape index (κ2) is 15.4. The molecule has 2 atom stereocenters. The summed E-state index contributed by atoms with van der Waals surface area (Å²) in [6.45, 7) is 3.68. The number of sulfonamides is 1. The van der Waals surface area contributed by atoms with E-state index in [4.69, 9.17) is 14.9 Å². The minimum Gasteiger partial charge on any atom is -0.444 e. The summed E-state index contributed by atoms with van der Waals surface area (Å²) in [5.74, 6) is -0.0402. The Morgan fingerprint density at radius 3 is 2.56 bits per heavy atom. The van der Waals surface area contributed by atoms with Gasteiger partial charge in [-0.2, -0.15) is 36.3 Å². The minimum absolute atomic E-state index is 0. The number of oxazole rings is 1. The van der Waals surface area contributed by atoms with Gasteiger partial charge in [0.05, 0.1) is 27.4 Å². The highest BCUT2D eigenvalue weighted by Gasteiger charge is 2.32. The average Bonchev–Trinajstić information content (AvgIpc) is 3.55. The van der Waals surface area contributed by atoms with Crippen LogP contribution in [0.25, 0.3) is 11.1 Å². The van der Waals surface area contributed by atoms with Crippen molar-refractivity contribution in [2.45, 2.75) is 43.9 Å². The van der Waals surface area contributed by atoms with E-state index in [-0.39, 0.29) is 75.5 Å². The molecule has 2 aromatic heterocycles. The van der Waals surface area contributed by atoms with Crippen LogP contribution in [-0.4, -0.2) is 59.1 Å². The summed E-state index contributed by atoms with van der Waals surface area (Å²) in [6, 6.07) is 12.7. The number of fused-ring (bicyclic) bond motifs is 1. The Bertz CT molecular complexity index is 1480. The van der Waals surface area contributed by atoms with Crippen molar-refractivity contribution in [1.29, 1.82) is 0 Å². The number of ether oxygens (including phenoxy) is 1. The average molecular weight is 642 g/mol. The number of nitrogens with one attached hydrogen (secondary N) is 1. The summed E-state index contributed by atoms with van der Waals surface area (Å²) in [7, 11) is -4.05. The maximum absolute atomic E-state index is 13.7. The third kappa shape index (κ3) is 9.34. The first kappa shape index (κ1) is 34.4. The van der Waals surface area contributed by atoms with Crippen LogP contribution in [0.1, 0.15) is 24.3 Å². The first-order chi connectivity index (χ1) is 18.6. The van der Waals surface area contributed by atoms with E-state index in [0.29, 0.717) is 5.52 Å². The Balaban J connectivity index is 0.00000294. The van der Waals surface area contributed by atoms with Gasteiger partial charge in [-0.3, -0.25) is 4.98 Å². The molecule has 0 saturated heterocycles. The maximum atomic E-state index is 13.7. The number of nitrogens with zero attached hydrogens (tertiary/aromatic N) is 3. The number of alkyl carbamates (subject to hydrolysis) is 1. The van der Waals surface area contributed by atoms with E-state index in [1.54, 1.807) is 11.7 Å². The number of carbonyl (C=O) groups excluding carboxylic acids is 1. The van der Waals surface area contributed by atoms with Gasteiger partial charge in [-0.25, -0.2) is 13.2 Å². The molecule has 11 nitrogen and oxygen atoms in total. The fraction of sp³-hybridized carbons (Fsp3) is 0.346. The molecule has 0 bridgehead atoms. The maximum Gasteiger partial charge on any atom is 0.407 e. The number of benzene rings is 2. The van der Waals surface area contributed by atoms with Crippen molar-refractivity contribution in [3.8, 4) is 0 Å². The second-order valence-electron chi connectivity index (χ2n) is 9.45. The zero-order chi connectivity index (χ0) is 28.0. The third-order valence-corrected chi connectivity index (χ3v) is 8.45. The molecule has 4 aromatic rings. The van der Waals surface area contributed by atoms with Crippen molar-refractivity contribution in [3.05, 3.63) is 70.7 Å². The number of hydrogen-bond acceptors (Lipinski definition) is 10. The number of aromatic nitrogens is 2. The summed E-state index contributed by atoms with van der Waals surface area (Å²) in [4.78, 5) is 21.3. The number of aliphatic hydroxyl groups excluding tert-OH is 1. The van der Waals surface area contributed by atoms with Gasteiger partial charge in [0.2, 0.25) is 10.0 Å². The summed E-state index contributed by atoms with van der Waals surface area (Å²) in [6.07, 6.45) is -0.112. The standard InChI is InChI=1S/C26H31N5O6S2.2H2S/c1-17(2)13-31(39(34,35)20-8-9-21-24(11-20)37-25(27)29-21)14-23(32)22(10-18-6-4-3-5-7-18)30-26(33)36-15-19-12-28-16-38-19;;/h3-9,11-12,16-17,22-23,32H,10,13-15H2,1-2H3,(H2,27,29)(H,30,33);2*1H2/t22-,23-;;/m0../s1. The molecule has 15 heteroatoms. The second-order valence-corrected chi connectivity index (χ2v) is 12.4. The zero-order valence-electron chi connectivity index (χ0n) is 22.6. The van der Waals surface area contributed by atoms with E-state index in [9.17, 15) is 18.3 Å². The number of anilines is 1. The number of carbonyl (C=O) groups is 1. The summed E-state index contributed by atoms with van der Waals surface area (Å²) in [5, 5.41) is 14.0. The van der Waals surface area contributed by atoms with Gasteiger partial charge < -0.3 is 25.3 Å². The van der Waals surface area contributed by atoms with Crippen LogP contribution in [-0.2, 0) is 27.8 Å². The third-order valence-electron chi connectivity index (χ3n) is 5.87. The molecule has 0 aliphatic rings. The van der Waals surface area contributed by atoms with E-state index in [2.05, 4.69) is 15.3 Å². The number of nitrogen functional groups attached to an aromatic ring is 1. The summed E-state index contributed by atoms with van der Waals surface area (Å²) >= 11 is 1.35. The van der Waals surface area contributed by atoms with Crippen molar-refractivity contribution in [1.82, 2.24) is 19.6 Å². The number of nitrogens with two attached hydrogens (primary N) is 1. The Morgan fingerprint density at radius 2 is 1.90 bits per heavy atom. The quantitative estimate of drug-likeness (QED) is 0.210. The molecule has 0 aliphatic heterocycles. The highest BCUT2D eigenvalue weighted by Crippen LogP contribution is 2.25. The van der Waals surface area contributed by atoms with E-state index >= 15 is 0 Å². The Labute approximate surface area is 257 Å². The smallest absolute Gasteiger partial charge is 0.407 e. The SMILES string of the molecule is CC(C)CN(C[C@H](O)[C@H](Cc1ccccc1)NC(=O)OCc1cncs1)S(=O)(=O)c1ccc2nc(N)oc2c1.S.S. The van der Waals surface area contributed by atoms with Crippen LogP contribution in [0, 0.1) is 5.92 Å². The molecule has 0 fully saturated rings. The number of amides is 1. The number of hydrogen-bond donors (Lipinski definition) is 3. The van der Waals surface area contributed by atoms with E-state index in [1.807, 2.05) is 44.2 Å². The van der Waals surface area contributed by atoms with Gasteiger partial charge in [0.25, 0.3) is 6.01 Å². The van der Waals surface area contributed by atoms with Crippen LogP contribution >= 0.6 is 38.3 Å². The van der Waals surface area contributed by atoms with Gasteiger partial charge in [-0.1, -0.05) is 44.2 Å². The zero-order valence-corrected chi connectivity index (χ0v) is 26.2. The van der Waals surface area contributed by atoms with Crippen LogP contribution in [0.15, 0.2) is 69.6 Å². The molecular weight excluding hydrogens is 607 g/mol. The monoisotopic (exact) mass is 641 g/mol. The van der Waals surface area contributed by atoms with Crippen molar-refractivity contribution in [2.24, 2.45) is 5.92 Å². The number of aliphatic hydroxyl groups is 1. The molecule has 0 spiro atoms. The lowest BCUT2D eigenvalue weighted by Gasteiger charge is -2.30. The molecule has 4 N–H and O–H groups in total. The van der Waals surface area contributed by atoms with Crippen LogP contribution < -0.4 is 11.1 Å². The van der Waals surface area contributed by atoms with Gasteiger partial charge >= 0.3 is 6.09 Å². The molecule has 0 unspecified atom stereocenters. The molecule has 224 valence electrons. The Kier molecular flexibility index (Phi) is 12.9. The van der Waals surface area contributed by atoms with Gasteiger partial charge in [-0.15, -0.1) is 11.3 Å². The lowest BCUT2D eigenvalue weighted by atomic mass is 10.0. The van der Waals surface area contributed by atoms with Crippen LogP contribution in [0.2, 0.25) is 0 Å². The molecule has 0 aliphatic carbocycles. The molecular formula is C26H35N5O6S4. The normalized spacial score (nSPS) is 12.9. The first-order valence-corrected chi connectivity index (χ1v) is 14.6. The van der Waals surface area contributed by atoms with Gasteiger partial charge in [0.15, 0.2) is 5.58 Å². The summed E-state index contributed by atoms with van der Waals surface area (Å²) < 4.78 is 39.2. The highest BCUT2D eigenvalue weighted by molar-refractivity contribution is 7.89. The fourth-order valence-corrected chi connectivity index (χ4v) is 6.18. The van der Waals surface area contributed by atoms with Crippen LogP contribution in [0.3, 0.4) is 0 Å². The Morgan fingerprint density at radius 1 is 1.17 bits per heavy atom. The summed E-state index contributed by atoms with van der Waals surface area (Å²) in [5.41, 5.74) is 8.78. The molecule has 0 saturated carbocycles. The van der Waals surface area contributed by atoms with Crippen molar-refractivity contribution < 1.29 is 27.5 Å². The van der Waals surface area contributed by atoms with Crippen molar-refractivity contribution in [3.63, 3.8) is 0 Å². The predicted molar refractivity (Wildman–Crippen MR) is 168 cm³/mol. The topological polar surface area (TPSA) is 161 Å². The Hall–Kier alpha value is -2.82.